The number of nitrogens with zero attached hydrogens (tertiary/aromatic N) is 3. The number of fused-ring (bicyclic) bond motifs is 1. The van der Waals surface area contributed by atoms with E-state index in [1.165, 1.54) is 16.2 Å². The summed E-state index contributed by atoms with van der Waals surface area (Å²) in [7, 11) is 1.60. The first-order chi connectivity index (χ1) is 8.78. The highest BCUT2D eigenvalue weighted by atomic mass is 35.5. The van der Waals surface area contributed by atoms with Crippen LogP contribution in [-0.2, 0) is 4.74 Å². The Morgan fingerprint density at radius 3 is 2.74 bits per heavy atom. The minimum atomic E-state index is -0.559. The van der Waals surface area contributed by atoms with Gasteiger partial charge in [0.15, 0.2) is 5.82 Å². The summed E-state index contributed by atoms with van der Waals surface area (Å²) in [5, 5.41) is 1.98. The van der Waals surface area contributed by atoms with Crippen LogP contribution in [-0.4, -0.2) is 28.7 Å². The summed E-state index contributed by atoms with van der Waals surface area (Å²) < 4.78 is 6.11. The second-order valence-electron chi connectivity index (χ2n) is 4.99. The summed E-state index contributed by atoms with van der Waals surface area (Å²) in [6.45, 7) is 5.44. The Labute approximate surface area is 120 Å². The zero-order chi connectivity index (χ0) is 14.2. The number of anilines is 1. The number of carbonyl (C=O) groups excluding carboxylic acids is 1. The quantitative estimate of drug-likeness (QED) is 0.753. The van der Waals surface area contributed by atoms with E-state index in [0.29, 0.717) is 5.82 Å². The zero-order valence-corrected chi connectivity index (χ0v) is 12.7. The van der Waals surface area contributed by atoms with Gasteiger partial charge in [-0.25, -0.2) is 9.78 Å². The number of carbonyl (C=O) groups is 1. The maximum Gasteiger partial charge on any atom is 0.415 e. The minimum absolute atomic E-state index is 0.108. The van der Waals surface area contributed by atoms with Crippen molar-refractivity contribution < 1.29 is 9.53 Å². The average molecular weight is 300 g/mol. The molecule has 19 heavy (non-hydrogen) atoms. The maximum atomic E-state index is 12.0. The van der Waals surface area contributed by atoms with Crippen LogP contribution < -0.4 is 4.90 Å². The standard InChI is InChI=1S/C12H14ClN3O2S/c1-12(2,3)18-11(17)16(4)9-8-7(5-6-19-8)14-10(13)15-9/h5-6H,1-4H3. The maximum absolute atomic E-state index is 12.0. The molecule has 0 aliphatic carbocycles. The third-order valence-electron chi connectivity index (χ3n) is 2.24. The van der Waals surface area contributed by atoms with Gasteiger partial charge < -0.3 is 4.74 Å². The van der Waals surface area contributed by atoms with Crippen molar-refractivity contribution >= 4 is 45.1 Å². The van der Waals surface area contributed by atoms with Crippen molar-refractivity contribution in [3.8, 4) is 0 Å². The van der Waals surface area contributed by atoms with Crippen molar-refractivity contribution in [3.63, 3.8) is 0 Å². The van der Waals surface area contributed by atoms with Crippen LogP contribution in [0.15, 0.2) is 11.4 Å². The molecule has 2 heterocycles. The fourth-order valence-electron chi connectivity index (χ4n) is 1.46. The van der Waals surface area contributed by atoms with Crippen molar-refractivity contribution in [3.05, 3.63) is 16.7 Å². The van der Waals surface area contributed by atoms with E-state index in [4.69, 9.17) is 16.3 Å². The Bertz CT molecular complexity index is 621. The molecule has 0 aromatic carbocycles. The molecule has 0 aliphatic rings. The highest BCUT2D eigenvalue weighted by Gasteiger charge is 2.23. The Morgan fingerprint density at radius 2 is 2.11 bits per heavy atom. The SMILES string of the molecule is CN(C(=O)OC(C)(C)C)c1nc(Cl)nc2ccsc12. The topological polar surface area (TPSA) is 55.3 Å². The number of halogens is 1. The molecule has 7 heteroatoms. The van der Waals surface area contributed by atoms with Crippen molar-refractivity contribution in [2.75, 3.05) is 11.9 Å². The number of amides is 1. The first kappa shape index (κ1) is 14.0. The third-order valence-corrected chi connectivity index (χ3v) is 3.31. The van der Waals surface area contributed by atoms with Gasteiger partial charge in [-0.05, 0) is 43.8 Å². The third kappa shape index (κ3) is 3.13. The molecule has 2 aromatic rings. The summed E-state index contributed by atoms with van der Waals surface area (Å²) in [6.07, 6.45) is -0.475. The van der Waals surface area contributed by atoms with Gasteiger partial charge in [-0.3, -0.25) is 4.90 Å². The normalized spacial score (nSPS) is 11.6. The minimum Gasteiger partial charge on any atom is -0.443 e. The van der Waals surface area contributed by atoms with Gasteiger partial charge in [0.05, 0.1) is 10.2 Å². The molecule has 0 radical (unpaired) electrons. The summed E-state index contributed by atoms with van der Waals surface area (Å²) in [5.74, 6) is 0.458. The molecule has 0 saturated carbocycles. The molecule has 0 saturated heterocycles. The van der Waals surface area contributed by atoms with Crippen molar-refractivity contribution in [1.29, 1.82) is 0 Å². The van der Waals surface area contributed by atoms with Crippen LogP contribution in [0.3, 0.4) is 0 Å². The van der Waals surface area contributed by atoms with Crippen molar-refractivity contribution in [2.24, 2.45) is 0 Å². The number of hydrogen-bond donors (Lipinski definition) is 0. The van der Waals surface area contributed by atoms with E-state index in [9.17, 15) is 4.79 Å². The molecule has 0 unspecified atom stereocenters. The van der Waals surface area contributed by atoms with Gasteiger partial charge in [-0.1, -0.05) is 0 Å². The largest absolute Gasteiger partial charge is 0.443 e. The number of hydrogen-bond acceptors (Lipinski definition) is 5. The Balaban J connectivity index is 2.38. The molecule has 0 N–H and O–H groups in total. The lowest BCUT2D eigenvalue weighted by molar-refractivity contribution is 0.0589. The van der Waals surface area contributed by atoms with Crippen LogP contribution in [0.5, 0.6) is 0 Å². The zero-order valence-electron chi connectivity index (χ0n) is 11.1. The molecule has 0 spiro atoms. The van der Waals surface area contributed by atoms with E-state index in [0.717, 1.165) is 10.2 Å². The first-order valence-electron chi connectivity index (χ1n) is 5.65. The summed E-state index contributed by atoms with van der Waals surface area (Å²) >= 11 is 7.32. The summed E-state index contributed by atoms with van der Waals surface area (Å²) in [4.78, 5) is 21.6. The lowest BCUT2D eigenvalue weighted by Gasteiger charge is -2.24. The lowest BCUT2D eigenvalue weighted by Crippen LogP contribution is -2.34. The monoisotopic (exact) mass is 299 g/mol. The summed E-state index contributed by atoms with van der Waals surface area (Å²) in [5.41, 5.74) is 0.159. The van der Waals surface area contributed by atoms with Gasteiger partial charge in [0.2, 0.25) is 5.28 Å². The molecule has 102 valence electrons. The van der Waals surface area contributed by atoms with Gasteiger partial charge in [0.25, 0.3) is 0 Å². The van der Waals surface area contributed by atoms with Crippen molar-refractivity contribution in [1.82, 2.24) is 9.97 Å². The van der Waals surface area contributed by atoms with E-state index < -0.39 is 11.7 Å². The predicted octanol–water partition coefficient (Wildman–Crippen LogP) is 3.72. The molecule has 2 aromatic heterocycles. The molecule has 1 amide bonds. The van der Waals surface area contributed by atoms with E-state index >= 15 is 0 Å². The smallest absolute Gasteiger partial charge is 0.415 e. The average Bonchev–Trinajstić information content (AvgIpc) is 2.72. The van der Waals surface area contributed by atoms with E-state index in [2.05, 4.69) is 9.97 Å². The number of ether oxygens (including phenoxy) is 1. The van der Waals surface area contributed by atoms with Crippen LogP contribution in [0.25, 0.3) is 10.2 Å². The van der Waals surface area contributed by atoms with Crippen molar-refractivity contribution in [2.45, 2.75) is 26.4 Å². The number of thiophene rings is 1. The molecular weight excluding hydrogens is 286 g/mol. The van der Waals surface area contributed by atoms with Gasteiger partial charge >= 0.3 is 6.09 Å². The van der Waals surface area contributed by atoms with Crippen LogP contribution >= 0.6 is 22.9 Å². The van der Waals surface area contributed by atoms with Crippen LogP contribution in [0, 0.1) is 0 Å². The van der Waals surface area contributed by atoms with E-state index in [1.807, 2.05) is 32.2 Å². The fraction of sp³-hybridized carbons (Fsp3) is 0.417. The Morgan fingerprint density at radius 1 is 1.42 bits per heavy atom. The Kier molecular flexibility index (Phi) is 3.64. The molecule has 0 fully saturated rings. The predicted molar refractivity (Wildman–Crippen MR) is 77.1 cm³/mol. The van der Waals surface area contributed by atoms with Gasteiger partial charge in [-0.2, -0.15) is 4.98 Å². The second-order valence-corrected chi connectivity index (χ2v) is 6.24. The first-order valence-corrected chi connectivity index (χ1v) is 6.91. The van der Waals surface area contributed by atoms with E-state index in [1.54, 1.807) is 7.05 Å². The van der Waals surface area contributed by atoms with Crippen LogP contribution in [0.1, 0.15) is 20.8 Å². The van der Waals surface area contributed by atoms with E-state index in [-0.39, 0.29) is 5.28 Å². The molecule has 0 bridgehead atoms. The van der Waals surface area contributed by atoms with Gasteiger partial charge in [0, 0.05) is 7.05 Å². The van der Waals surface area contributed by atoms with Gasteiger partial charge in [0.1, 0.15) is 5.60 Å². The molecule has 0 aliphatic heterocycles. The molecular formula is C12H14ClN3O2S. The highest BCUT2D eigenvalue weighted by Crippen LogP contribution is 2.30. The molecule has 0 atom stereocenters. The lowest BCUT2D eigenvalue weighted by atomic mass is 10.2. The molecule has 2 rings (SSSR count). The number of aromatic nitrogens is 2. The number of rotatable bonds is 1. The second kappa shape index (κ2) is 4.94. The van der Waals surface area contributed by atoms with Crippen LogP contribution in [0.4, 0.5) is 10.6 Å². The molecule has 5 nitrogen and oxygen atoms in total. The Hall–Kier alpha value is -1.40. The van der Waals surface area contributed by atoms with Gasteiger partial charge in [-0.15, -0.1) is 11.3 Å². The van der Waals surface area contributed by atoms with Crippen LogP contribution in [0.2, 0.25) is 5.28 Å². The fourth-order valence-corrected chi connectivity index (χ4v) is 2.49. The highest BCUT2D eigenvalue weighted by molar-refractivity contribution is 7.17. The summed E-state index contributed by atoms with van der Waals surface area (Å²) in [6, 6.07) is 1.83.